The molecule has 0 aliphatic heterocycles. The lowest BCUT2D eigenvalue weighted by Crippen LogP contribution is -2.44. The van der Waals surface area contributed by atoms with E-state index in [1.54, 1.807) is 18.4 Å². The van der Waals surface area contributed by atoms with Gasteiger partial charge in [0.15, 0.2) is 0 Å². The average molecular weight is 343 g/mol. The van der Waals surface area contributed by atoms with Gasteiger partial charge in [-0.3, -0.25) is 4.79 Å². The monoisotopic (exact) mass is 343 g/mol. The Bertz CT molecular complexity index is 731. The Kier molecular flexibility index (Phi) is 4.99. The van der Waals surface area contributed by atoms with Crippen molar-refractivity contribution < 1.29 is 17.6 Å². The Labute approximate surface area is 132 Å². The molecule has 0 radical (unpaired) electrons. The molecule has 1 unspecified atom stereocenters. The van der Waals surface area contributed by atoms with Gasteiger partial charge in [0, 0.05) is 0 Å². The fourth-order valence-electron chi connectivity index (χ4n) is 1.69. The van der Waals surface area contributed by atoms with Crippen molar-refractivity contribution in [3.05, 3.63) is 34.9 Å². The molecular weight excluding hydrogens is 326 g/mol. The van der Waals surface area contributed by atoms with E-state index in [4.69, 9.17) is 4.42 Å². The summed E-state index contributed by atoms with van der Waals surface area (Å²) in [7, 11) is -3.68. The number of aryl methyl sites for hydroxylation is 2. The van der Waals surface area contributed by atoms with Crippen molar-refractivity contribution in [1.82, 2.24) is 15.0 Å². The summed E-state index contributed by atoms with van der Waals surface area (Å²) in [6.07, 6.45) is 0. The Morgan fingerprint density at radius 2 is 2.18 bits per heavy atom. The number of sulfonamides is 1. The molecule has 120 valence electrons. The van der Waals surface area contributed by atoms with Crippen LogP contribution < -0.4 is 10.0 Å². The molecular formula is C13H17N3O4S2. The van der Waals surface area contributed by atoms with Crippen LogP contribution in [-0.2, 0) is 21.4 Å². The number of nitrogens with zero attached hydrogens (tertiary/aromatic N) is 1. The first-order valence-electron chi connectivity index (χ1n) is 6.56. The van der Waals surface area contributed by atoms with Crippen molar-refractivity contribution >= 4 is 27.3 Å². The van der Waals surface area contributed by atoms with Crippen LogP contribution in [0.5, 0.6) is 0 Å². The zero-order valence-electron chi connectivity index (χ0n) is 12.4. The lowest BCUT2D eigenvalue weighted by atomic mass is 10.3. The highest BCUT2D eigenvalue weighted by atomic mass is 32.2. The summed E-state index contributed by atoms with van der Waals surface area (Å²) in [6, 6.07) is 2.22. The first kappa shape index (κ1) is 16.7. The highest BCUT2D eigenvalue weighted by Crippen LogP contribution is 2.15. The van der Waals surface area contributed by atoms with Gasteiger partial charge in [0.05, 0.1) is 18.3 Å². The van der Waals surface area contributed by atoms with Gasteiger partial charge in [0.1, 0.15) is 9.97 Å². The fraction of sp³-hybridized carbons (Fsp3) is 0.385. The van der Waals surface area contributed by atoms with E-state index in [0.717, 1.165) is 17.0 Å². The zero-order chi connectivity index (χ0) is 16.3. The molecule has 0 saturated heterocycles. The highest BCUT2D eigenvalue weighted by Gasteiger charge is 2.22. The van der Waals surface area contributed by atoms with E-state index in [2.05, 4.69) is 15.0 Å². The zero-order valence-corrected chi connectivity index (χ0v) is 14.0. The molecule has 2 rings (SSSR count). The van der Waals surface area contributed by atoms with Crippen LogP contribution in [-0.4, -0.2) is 25.4 Å². The van der Waals surface area contributed by atoms with Gasteiger partial charge in [-0.25, -0.2) is 13.4 Å². The molecule has 0 spiro atoms. The maximum absolute atomic E-state index is 12.0. The topological polar surface area (TPSA) is 101 Å². The van der Waals surface area contributed by atoms with Crippen LogP contribution in [0.15, 0.2) is 26.1 Å². The summed E-state index contributed by atoms with van der Waals surface area (Å²) in [5.74, 6) is 0.626. The van der Waals surface area contributed by atoms with Crippen molar-refractivity contribution in [2.45, 2.75) is 37.6 Å². The van der Waals surface area contributed by atoms with Gasteiger partial charge in [-0.05, 0) is 32.2 Å². The molecule has 2 aromatic rings. The molecule has 0 bridgehead atoms. The summed E-state index contributed by atoms with van der Waals surface area (Å²) >= 11 is 1.09. The van der Waals surface area contributed by atoms with Crippen LogP contribution in [0.25, 0.3) is 0 Å². The third-order valence-electron chi connectivity index (χ3n) is 2.97. The van der Waals surface area contributed by atoms with Crippen molar-refractivity contribution in [2.75, 3.05) is 0 Å². The smallest absolute Gasteiger partial charge is 0.250 e. The summed E-state index contributed by atoms with van der Waals surface area (Å²) in [5, 5.41) is 4.25. The van der Waals surface area contributed by atoms with E-state index in [1.807, 2.05) is 6.92 Å². The van der Waals surface area contributed by atoms with E-state index in [9.17, 15) is 13.2 Å². The number of rotatable bonds is 6. The summed E-state index contributed by atoms with van der Waals surface area (Å²) in [6.45, 7) is 5.18. The number of carbonyl (C=O) groups is 1. The van der Waals surface area contributed by atoms with Gasteiger partial charge in [0.25, 0.3) is 10.0 Å². The number of nitrogens with one attached hydrogen (secondary N) is 2. The summed E-state index contributed by atoms with van der Waals surface area (Å²) in [4.78, 5) is 16.1. The number of hydrogen-bond donors (Lipinski definition) is 2. The fourth-order valence-corrected chi connectivity index (χ4v) is 3.90. The third-order valence-corrected chi connectivity index (χ3v) is 5.91. The third kappa shape index (κ3) is 3.93. The lowest BCUT2D eigenvalue weighted by Gasteiger charge is -2.12. The average Bonchev–Trinajstić information content (AvgIpc) is 3.07. The van der Waals surface area contributed by atoms with E-state index < -0.39 is 22.0 Å². The quantitative estimate of drug-likeness (QED) is 0.824. The number of amides is 1. The van der Waals surface area contributed by atoms with Gasteiger partial charge < -0.3 is 9.73 Å². The molecule has 0 aliphatic rings. The predicted molar refractivity (Wildman–Crippen MR) is 81.9 cm³/mol. The molecule has 0 fully saturated rings. The number of thiophene rings is 1. The highest BCUT2D eigenvalue weighted by molar-refractivity contribution is 7.91. The van der Waals surface area contributed by atoms with Crippen LogP contribution in [0.3, 0.4) is 0 Å². The van der Waals surface area contributed by atoms with Gasteiger partial charge in [-0.1, -0.05) is 6.07 Å². The van der Waals surface area contributed by atoms with Crippen LogP contribution in [0.2, 0.25) is 0 Å². The number of oxazole rings is 1. The van der Waals surface area contributed by atoms with E-state index in [1.165, 1.54) is 13.0 Å². The number of aromatic nitrogens is 1. The second-order valence-electron chi connectivity index (χ2n) is 4.74. The number of carbonyl (C=O) groups excluding carboxylic acids is 1. The minimum atomic E-state index is -3.68. The number of hydrogen-bond acceptors (Lipinski definition) is 6. The first-order chi connectivity index (χ1) is 10.3. The van der Waals surface area contributed by atoms with Crippen molar-refractivity contribution in [3.63, 3.8) is 0 Å². The Hall–Kier alpha value is -1.71. The first-order valence-corrected chi connectivity index (χ1v) is 8.92. The second-order valence-corrected chi connectivity index (χ2v) is 7.63. The predicted octanol–water partition coefficient (Wildman–Crippen LogP) is 1.34. The molecule has 1 amide bonds. The van der Waals surface area contributed by atoms with Crippen molar-refractivity contribution in [1.29, 1.82) is 0 Å². The summed E-state index contributed by atoms with van der Waals surface area (Å²) < 4.78 is 31.9. The molecule has 9 heteroatoms. The normalized spacial score (nSPS) is 13.0. The summed E-state index contributed by atoms with van der Waals surface area (Å²) in [5.41, 5.74) is 0.760. The van der Waals surface area contributed by atoms with E-state index >= 15 is 0 Å². The minimum Gasteiger partial charge on any atom is -0.444 e. The van der Waals surface area contributed by atoms with E-state index in [0.29, 0.717) is 11.7 Å². The van der Waals surface area contributed by atoms with Crippen LogP contribution in [0, 0.1) is 13.8 Å². The molecule has 2 aromatic heterocycles. The van der Waals surface area contributed by atoms with Gasteiger partial charge in [-0.2, -0.15) is 4.72 Å². The molecule has 2 heterocycles. The Balaban J connectivity index is 1.92. The van der Waals surface area contributed by atoms with Crippen molar-refractivity contribution in [2.24, 2.45) is 0 Å². The van der Waals surface area contributed by atoms with Crippen LogP contribution in [0.1, 0.15) is 24.3 Å². The van der Waals surface area contributed by atoms with Crippen LogP contribution >= 0.6 is 11.3 Å². The van der Waals surface area contributed by atoms with Crippen LogP contribution in [0.4, 0.5) is 0 Å². The van der Waals surface area contributed by atoms with Gasteiger partial charge in [-0.15, -0.1) is 11.3 Å². The lowest BCUT2D eigenvalue weighted by molar-refractivity contribution is -0.122. The standard InChI is InChI=1S/C13H17N3O4S2/c1-8-10(3)20-11(15-8)7-14-13(17)9(2)16-22(18,19)12-5-4-6-21-12/h4-6,9,16H,7H2,1-3H3,(H,14,17). The maximum atomic E-state index is 12.0. The second kappa shape index (κ2) is 6.59. The van der Waals surface area contributed by atoms with E-state index in [-0.39, 0.29) is 10.8 Å². The Morgan fingerprint density at radius 3 is 2.73 bits per heavy atom. The largest absolute Gasteiger partial charge is 0.444 e. The molecule has 22 heavy (non-hydrogen) atoms. The van der Waals surface area contributed by atoms with Gasteiger partial charge in [0.2, 0.25) is 11.8 Å². The Morgan fingerprint density at radius 1 is 1.45 bits per heavy atom. The van der Waals surface area contributed by atoms with Crippen molar-refractivity contribution in [3.8, 4) is 0 Å². The minimum absolute atomic E-state index is 0.110. The molecule has 7 nitrogen and oxygen atoms in total. The molecule has 0 saturated carbocycles. The SMILES string of the molecule is Cc1nc(CNC(=O)C(C)NS(=O)(=O)c2cccs2)oc1C. The molecule has 0 aromatic carbocycles. The molecule has 0 aliphatic carbocycles. The molecule has 2 N–H and O–H groups in total. The molecule has 1 atom stereocenters. The van der Waals surface area contributed by atoms with Gasteiger partial charge >= 0.3 is 0 Å². The maximum Gasteiger partial charge on any atom is 0.250 e.